The topological polar surface area (TPSA) is 54.7 Å². The van der Waals surface area contributed by atoms with Crippen molar-refractivity contribution in [3.05, 3.63) is 36.3 Å². The molecule has 0 amide bonds. The minimum absolute atomic E-state index is 0.262. The van der Waals surface area contributed by atoms with Crippen molar-refractivity contribution in [3.63, 3.8) is 0 Å². The van der Waals surface area contributed by atoms with E-state index in [1.807, 2.05) is 12.3 Å². The van der Waals surface area contributed by atoms with Gasteiger partial charge in [0.1, 0.15) is 5.82 Å². The van der Waals surface area contributed by atoms with Gasteiger partial charge in [-0.2, -0.15) is 0 Å². The van der Waals surface area contributed by atoms with Gasteiger partial charge in [-0.3, -0.25) is 4.90 Å². The van der Waals surface area contributed by atoms with E-state index in [4.69, 9.17) is 4.74 Å². The first-order chi connectivity index (χ1) is 11.8. The number of benzene rings is 1. The van der Waals surface area contributed by atoms with E-state index in [0.29, 0.717) is 0 Å². The molecule has 1 fully saturated rings. The summed E-state index contributed by atoms with van der Waals surface area (Å²) in [6, 6.07) is 6.44. The molecule has 0 spiro atoms. The molecule has 1 aromatic carbocycles. The summed E-state index contributed by atoms with van der Waals surface area (Å²) in [5.74, 6) is -0.262. The molecule has 8 heteroatoms. The maximum Gasteiger partial charge on any atom is 0.214 e. The number of ether oxygens (including phenoxy) is 1. The van der Waals surface area contributed by atoms with Crippen LogP contribution in [0.2, 0.25) is 0 Å². The average molecular weight is 347 g/mol. The fraction of sp³-hybridized carbons (Fsp3) is 0.375. The van der Waals surface area contributed by atoms with Crippen LogP contribution in [0.1, 0.15) is 0 Å². The number of rotatable bonds is 5. The second kappa shape index (κ2) is 6.84. The fourth-order valence-corrected chi connectivity index (χ4v) is 3.51. The molecule has 126 valence electrons. The molecule has 1 aliphatic rings. The van der Waals surface area contributed by atoms with Gasteiger partial charge in [-0.1, -0.05) is 23.5 Å². The number of hydrogen-bond acceptors (Lipinski definition) is 6. The highest BCUT2D eigenvalue weighted by molar-refractivity contribution is 7.20. The van der Waals surface area contributed by atoms with E-state index in [1.165, 1.54) is 23.5 Å². The molecule has 3 aromatic rings. The van der Waals surface area contributed by atoms with Crippen molar-refractivity contribution < 1.29 is 9.13 Å². The summed E-state index contributed by atoms with van der Waals surface area (Å²) in [6.45, 7) is 5.41. The van der Waals surface area contributed by atoms with E-state index in [1.54, 1.807) is 10.6 Å². The second-order valence-electron chi connectivity index (χ2n) is 5.65. The van der Waals surface area contributed by atoms with E-state index in [-0.39, 0.29) is 5.82 Å². The summed E-state index contributed by atoms with van der Waals surface area (Å²) in [4.78, 5) is 7.69. The number of anilines is 1. The minimum atomic E-state index is -0.262. The third-order valence-corrected chi connectivity index (χ3v) is 4.85. The monoisotopic (exact) mass is 347 g/mol. The number of morpholine rings is 1. The standard InChI is InChI=1S/C16H18FN5OS/c17-13-3-1-2-12(10-13)14-11-22-16(19-14)24-15(20-22)18-4-5-21-6-8-23-9-7-21/h1-3,10-11H,4-9H2,(H,18,20). The normalized spacial score (nSPS) is 15.9. The van der Waals surface area contributed by atoms with Crippen LogP contribution in [0.3, 0.4) is 0 Å². The number of fused-ring (bicyclic) bond motifs is 1. The van der Waals surface area contributed by atoms with Crippen LogP contribution in [0.4, 0.5) is 9.52 Å². The van der Waals surface area contributed by atoms with Crippen LogP contribution in [-0.4, -0.2) is 58.9 Å². The first-order valence-electron chi connectivity index (χ1n) is 7.94. The SMILES string of the molecule is Fc1cccc(-c2cn3nc(NCCN4CCOCC4)sc3n2)c1. The van der Waals surface area contributed by atoms with Gasteiger partial charge in [0, 0.05) is 31.7 Å². The van der Waals surface area contributed by atoms with Crippen molar-refractivity contribution in [1.29, 1.82) is 0 Å². The van der Waals surface area contributed by atoms with Gasteiger partial charge >= 0.3 is 0 Å². The summed E-state index contributed by atoms with van der Waals surface area (Å²) < 4.78 is 20.4. The first kappa shape index (κ1) is 15.5. The summed E-state index contributed by atoms with van der Waals surface area (Å²) >= 11 is 1.50. The van der Waals surface area contributed by atoms with Gasteiger partial charge in [0.15, 0.2) is 0 Å². The second-order valence-corrected chi connectivity index (χ2v) is 6.61. The molecule has 3 heterocycles. The summed E-state index contributed by atoms with van der Waals surface area (Å²) in [7, 11) is 0. The summed E-state index contributed by atoms with van der Waals surface area (Å²) in [5.41, 5.74) is 1.49. The van der Waals surface area contributed by atoms with E-state index in [9.17, 15) is 4.39 Å². The number of halogens is 1. The van der Waals surface area contributed by atoms with Crippen molar-refractivity contribution in [2.24, 2.45) is 0 Å². The highest BCUT2D eigenvalue weighted by atomic mass is 32.1. The van der Waals surface area contributed by atoms with Gasteiger partial charge in [-0.05, 0) is 12.1 Å². The van der Waals surface area contributed by atoms with Crippen molar-refractivity contribution >= 4 is 21.4 Å². The molecule has 0 unspecified atom stereocenters. The highest BCUT2D eigenvalue weighted by Gasteiger charge is 2.12. The van der Waals surface area contributed by atoms with Gasteiger partial charge in [0.25, 0.3) is 0 Å². The van der Waals surface area contributed by atoms with E-state index in [2.05, 4.69) is 20.3 Å². The Balaban J connectivity index is 1.40. The molecule has 0 saturated carbocycles. The van der Waals surface area contributed by atoms with Crippen molar-refractivity contribution in [2.75, 3.05) is 44.7 Å². The zero-order valence-electron chi connectivity index (χ0n) is 13.1. The Morgan fingerprint density at radius 1 is 1.29 bits per heavy atom. The average Bonchev–Trinajstić information content (AvgIpc) is 3.14. The first-order valence-corrected chi connectivity index (χ1v) is 8.76. The van der Waals surface area contributed by atoms with E-state index < -0.39 is 0 Å². The predicted octanol–water partition coefficient (Wildman–Crippen LogP) is 2.34. The third-order valence-electron chi connectivity index (χ3n) is 3.97. The lowest BCUT2D eigenvalue weighted by atomic mass is 10.2. The van der Waals surface area contributed by atoms with Crippen LogP contribution >= 0.6 is 11.3 Å². The fourth-order valence-electron chi connectivity index (χ4n) is 2.70. The zero-order chi connectivity index (χ0) is 16.4. The maximum absolute atomic E-state index is 13.3. The van der Waals surface area contributed by atoms with Crippen LogP contribution in [0, 0.1) is 5.82 Å². The molecule has 1 aliphatic heterocycles. The molecule has 1 N–H and O–H groups in total. The van der Waals surface area contributed by atoms with Crippen LogP contribution in [0.25, 0.3) is 16.2 Å². The Morgan fingerprint density at radius 3 is 2.96 bits per heavy atom. The van der Waals surface area contributed by atoms with Gasteiger partial charge < -0.3 is 10.1 Å². The Bertz CT molecular complexity index is 795. The van der Waals surface area contributed by atoms with Crippen LogP contribution in [0.15, 0.2) is 30.5 Å². The molecule has 6 nitrogen and oxygen atoms in total. The minimum Gasteiger partial charge on any atom is -0.379 e. The van der Waals surface area contributed by atoms with E-state index in [0.717, 1.165) is 60.7 Å². The maximum atomic E-state index is 13.3. The van der Waals surface area contributed by atoms with Crippen molar-refractivity contribution in [3.8, 4) is 11.3 Å². The molecule has 0 bridgehead atoms. The largest absolute Gasteiger partial charge is 0.379 e. The lowest BCUT2D eigenvalue weighted by Crippen LogP contribution is -2.39. The predicted molar refractivity (Wildman–Crippen MR) is 92.0 cm³/mol. The van der Waals surface area contributed by atoms with Crippen molar-refractivity contribution in [2.45, 2.75) is 0 Å². The Labute approximate surface area is 142 Å². The van der Waals surface area contributed by atoms with Crippen LogP contribution in [0.5, 0.6) is 0 Å². The molecule has 2 aromatic heterocycles. The molecule has 4 rings (SSSR count). The van der Waals surface area contributed by atoms with Crippen LogP contribution in [-0.2, 0) is 4.74 Å². The summed E-state index contributed by atoms with van der Waals surface area (Å²) in [5, 5.41) is 8.67. The third kappa shape index (κ3) is 3.40. The van der Waals surface area contributed by atoms with Gasteiger partial charge in [-0.15, -0.1) is 5.10 Å². The van der Waals surface area contributed by atoms with Gasteiger partial charge in [0.05, 0.1) is 25.1 Å². The lowest BCUT2D eigenvalue weighted by molar-refractivity contribution is 0.0398. The molecular weight excluding hydrogens is 329 g/mol. The molecular formula is C16H18FN5OS. The van der Waals surface area contributed by atoms with Crippen LogP contribution < -0.4 is 5.32 Å². The van der Waals surface area contributed by atoms with Crippen molar-refractivity contribution in [1.82, 2.24) is 19.5 Å². The van der Waals surface area contributed by atoms with E-state index >= 15 is 0 Å². The van der Waals surface area contributed by atoms with Gasteiger partial charge in [-0.25, -0.2) is 13.9 Å². The Hall–Kier alpha value is -2.03. The number of nitrogens with one attached hydrogen (secondary N) is 1. The summed E-state index contributed by atoms with van der Waals surface area (Å²) in [6.07, 6.45) is 1.83. The Morgan fingerprint density at radius 2 is 2.17 bits per heavy atom. The number of imidazole rings is 1. The smallest absolute Gasteiger partial charge is 0.214 e. The highest BCUT2D eigenvalue weighted by Crippen LogP contribution is 2.24. The number of aromatic nitrogens is 3. The van der Waals surface area contributed by atoms with Gasteiger partial charge in [0.2, 0.25) is 10.1 Å². The molecule has 0 atom stereocenters. The molecule has 0 aliphatic carbocycles. The molecule has 24 heavy (non-hydrogen) atoms. The lowest BCUT2D eigenvalue weighted by Gasteiger charge is -2.26. The molecule has 1 saturated heterocycles. The Kier molecular flexibility index (Phi) is 4.42. The number of nitrogens with zero attached hydrogens (tertiary/aromatic N) is 4. The quantitative estimate of drug-likeness (QED) is 0.768. The molecule has 0 radical (unpaired) electrons. The zero-order valence-corrected chi connectivity index (χ0v) is 13.9. The number of hydrogen-bond donors (Lipinski definition) is 1.